The zero-order valence-electron chi connectivity index (χ0n) is 8.40. The van der Waals surface area contributed by atoms with Crippen molar-refractivity contribution in [3.05, 3.63) is 29.6 Å². The van der Waals surface area contributed by atoms with Gasteiger partial charge in [0, 0.05) is 6.20 Å². The van der Waals surface area contributed by atoms with Crippen molar-refractivity contribution >= 4 is 0 Å². The highest BCUT2D eigenvalue weighted by Gasteiger charge is 2.67. The Labute approximate surface area is 84.0 Å². The van der Waals surface area contributed by atoms with Gasteiger partial charge in [0.05, 0.1) is 5.69 Å². The van der Waals surface area contributed by atoms with E-state index in [4.69, 9.17) is 0 Å². The topological polar surface area (TPSA) is 33.1 Å². The summed E-state index contributed by atoms with van der Waals surface area (Å²) in [4.78, 5) is 4.34. The van der Waals surface area contributed by atoms with Crippen LogP contribution in [0.25, 0.3) is 0 Å². The second kappa shape index (κ2) is 2.57. The lowest BCUT2D eigenvalue weighted by Gasteiger charge is -2.15. The predicted octanol–water partition coefficient (Wildman–Crippen LogP) is 2.01. The second-order valence-electron chi connectivity index (χ2n) is 4.64. The van der Waals surface area contributed by atoms with E-state index >= 15 is 0 Å². The minimum Gasteiger partial charge on any atom is -0.383 e. The fourth-order valence-electron chi connectivity index (χ4n) is 3.18. The van der Waals surface area contributed by atoms with Crippen molar-refractivity contribution in [1.29, 1.82) is 0 Å². The van der Waals surface area contributed by atoms with E-state index in [9.17, 15) is 5.11 Å². The number of hydrogen-bond acceptors (Lipinski definition) is 2. The molecule has 1 aromatic heterocycles. The Bertz CT molecular complexity index is 364. The first-order valence-electron chi connectivity index (χ1n) is 5.39. The SMILES string of the molecule is Cc1cccnc1C1(O)C2CCCC21. The Morgan fingerprint density at radius 3 is 2.79 bits per heavy atom. The maximum absolute atomic E-state index is 10.5. The van der Waals surface area contributed by atoms with Crippen LogP contribution in [0.3, 0.4) is 0 Å². The highest BCUT2D eigenvalue weighted by molar-refractivity contribution is 5.33. The Morgan fingerprint density at radius 1 is 1.43 bits per heavy atom. The van der Waals surface area contributed by atoms with E-state index < -0.39 is 5.60 Å². The summed E-state index contributed by atoms with van der Waals surface area (Å²) in [6.07, 6.45) is 5.42. The summed E-state index contributed by atoms with van der Waals surface area (Å²) in [5.74, 6) is 0.993. The summed E-state index contributed by atoms with van der Waals surface area (Å²) in [6, 6.07) is 3.97. The molecule has 14 heavy (non-hydrogen) atoms. The van der Waals surface area contributed by atoms with Crippen molar-refractivity contribution in [2.45, 2.75) is 31.8 Å². The summed E-state index contributed by atoms with van der Waals surface area (Å²) in [7, 11) is 0. The van der Waals surface area contributed by atoms with Crippen LogP contribution in [0, 0.1) is 18.8 Å². The minimum absolute atomic E-state index is 0.496. The first-order chi connectivity index (χ1) is 6.74. The molecule has 2 nitrogen and oxygen atoms in total. The van der Waals surface area contributed by atoms with Gasteiger partial charge in [-0.25, -0.2) is 0 Å². The molecule has 2 fully saturated rings. The molecule has 74 valence electrons. The van der Waals surface area contributed by atoms with Crippen LogP contribution < -0.4 is 0 Å². The number of hydrogen-bond donors (Lipinski definition) is 1. The van der Waals surface area contributed by atoms with Gasteiger partial charge < -0.3 is 5.11 Å². The molecule has 0 aromatic carbocycles. The van der Waals surface area contributed by atoms with Gasteiger partial charge in [-0.2, -0.15) is 0 Å². The van der Waals surface area contributed by atoms with Gasteiger partial charge in [-0.1, -0.05) is 12.5 Å². The lowest BCUT2D eigenvalue weighted by atomic mass is 10.0. The van der Waals surface area contributed by atoms with Crippen LogP contribution >= 0.6 is 0 Å². The van der Waals surface area contributed by atoms with Crippen LogP contribution in [-0.2, 0) is 5.60 Å². The zero-order valence-corrected chi connectivity index (χ0v) is 8.40. The van der Waals surface area contributed by atoms with Crippen molar-refractivity contribution < 1.29 is 5.11 Å². The van der Waals surface area contributed by atoms with Gasteiger partial charge in [0.15, 0.2) is 0 Å². The Morgan fingerprint density at radius 2 is 2.14 bits per heavy atom. The number of aromatic nitrogens is 1. The van der Waals surface area contributed by atoms with Crippen LogP contribution in [0.2, 0.25) is 0 Å². The molecule has 0 saturated heterocycles. The van der Waals surface area contributed by atoms with E-state index in [2.05, 4.69) is 4.98 Å². The number of nitrogens with zero attached hydrogens (tertiary/aromatic N) is 1. The zero-order chi connectivity index (χ0) is 9.76. The molecule has 2 atom stereocenters. The molecule has 2 aliphatic rings. The molecular weight excluding hydrogens is 174 g/mol. The van der Waals surface area contributed by atoms with Crippen LogP contribution in [0.1, 0.15) is 30.5 Å². The van der Waals surface area contributed by atoms with Gasteiger partial charge in [-0.3, -0.25) is 4.98 Å². The molecule has 2 saturated carbocycles. The maximum atomic E-state index is 10.5. The van der Waals surface area contributed by atoms with E-state index in [1.54, 1.807) is 6.20 Å². The quantitative estimate of drug-likeness (QED) is 0.733. The molecule has 0 amide bonds. The van der Waals surface area contributed by atoms with Crippen LogP contribution in [0.5, 0.6) is 0 Å². The lowest BCUT2D eigenvalue weighted by Crippen LogP contribution is -2.16. The number of fused-ring (bicyclic) bond motifs is 1. The van der Waals surface area contributed by atoms with Gasteiger partial charge >= 0.3 is 0 Å². The summed E-state index contributed by atoms with van der Waals surface area (Å²) in [6.45, 7) is 2.04. The lowest BCUT2D eigenvalue weighted by molar-refractivity contribution is 0.0999. The molecule has 3 rings (SSSR count). The van der Waals surface area contributed by atoms with E-state index in [1.807, 2.05) is 19.1 Å². The minimum atomic E-state index is -0.566. The molecule has 0 aliphatic heterocycles. The van der Waals surface area contributed by atoms with Crippen molar-refractivity contribution in [2.24, 2.45) is 11.8 Å². The van der Waals surface area contributed by atoms with Gasteiger partial charge in [0.2, 0.25) is 0 Å². The van der Waals surface area contributed by atoms with E-state index in [0.717, 1.165) is 11.3 Å². The van der Waals surface area contributed by atoms with Gasteiger partial charge in [0.25, 0.3) is 0 Å². The average Bonchev–Trinajstić information content (AvgIpc) is 2.63. The molecule has 1 N–H and O–H groups in total. The third-order valence-electron chi connectivity index (χ3n) is 3.93. The smallest absolute Gasteiger partial charge is 0.113 e. The summed E-state index contributed by atoms with van der Waals surface area (Å²) >= 11 is 0. The Kier molecular flexibility index (Phi) is 1.55. The Balaban J connectivity index is 2.01. The number of aliphatic hydroxyl groups is 1. The first kappa shape index (κ1) is 8.42. The average molecular weight is 189 g/mol. The van der Waals surface area contributed by atoms with E-state index in [-0.39, 0.29) is 0 Å². The maximum Gasteiger partial charge on any atom is 0.113 e. The van der Waals surface area contributed by atoms with Crippen LogP contribution in [0.4, 0.5) is 0 Å². The normalized spacial score (nSPS) is 39.6. The standard InChI is InChI=1S/C12H15NO/c1-8-4-3-7-13-11(8)12(14)9-5-2-6-10(9)12/h3-4,7,9-10,14H,2,5-6H2,1H3. The molecule has 2 aliphatic carbocycles. The third-order valence-corrected chi connectivity index (χ3v) is 3.93. The van der Waals surface area contributed by atoms with Gasteiger partial charge in [-0.15, -0.1) is 0 Å². The fourth-order valence-corrected chi connectivity index (χ4v) is 3.18. The van der Waals surface area contributed by atoms with Crippen LogP contribution in [0.15, 0.2) is 18.3 Å². The van der Waals surface area contributed by atoms with Crippen molar-refractivity contribution in [1.82, 2.24) is 4.98 Å². The molecule has 0 bridgehead atoms. The Hall–Kier alpha value is -0.890. The fraction of sp³-hybridized carbons (Fsp3) is 0.583. The van der Waals surface area contributed by atoms with Gasteiger partial charge in [-0.05, 0) is 43.2 Å². The number of aryl methyl sites for hydroxylation is 1. The summed E-state index contributed by atoms with van der Waals surface area (Å²) in [5, 5.41) is 10.5. The predicted molar refractivity (Wildman–Crippen MR) is 53.7 cm³/mol. The first-order valence-corrected chi connectivity index (χ1v) is 5.39. The highest BCUT2D eigenvalue weighted by Crippen LogP contribution is 2.66. The molecule has 2 heteroatoms. The third kappa shape index (κ3) is 0.871. The number of rotatable bonds is 1. The van der Waals surface area contributed by atoms with Crippen molar-refractivity contribution in [2.75, 3.05) is 0 Å². The van der Waals surface area contributed by atoms with Crippen molar-refractivity contribution in [3.63, 3.8) is 0 Å². The van der Waals surface area contributed by atoms with Crippen LogP contribution in [-0.4, -0.2) is 10.1 Å². The largest absolute Gasteiger partial charge is 0.383 e. The van der Waals surface area contributed by atoms with Crippen molar-refractivity contribution in [3.8, 4) is 0 Å². The highest BCUT2D eigenvalue weighted by atomic mass is 16.3. The number of pyridine rings is 1. The summed E-state index contributed by atoms with van der Waals surface area (Å²) in [5.41, 5.74) is 1.49. The molecule has 0 spiro atoms. The van der Waals surface area contributed by atoms with E-state index in [1.165, 1.54) is 19.3 Å². The summed E-state index contributed by atoms with van der Waals surface area (Å²) < 4.78 is 0. The van der Waals surface area contributed by atoms with E-state index in [0.29, 0.717) is 11.8 Å². The molecule has 1 heterocycles. The second-order valence-corrected chi connectivity index (χ2v) is 4.64. The molecular formula is C12H15NO. The monoisotopic (exact) mass is 189 g/mol. The van der Waals surface area contributed by atoms with Gasteiger partial charge in [0.1, 0.15) is 5.60 Å². The molecule has 1 aromatic rings. The molecule has 0 radical (unpaired) electrons. The molecule has 2 unspecified atom stereocenters.